The van der Waals surface area contributed by atoms with Gasteiger partial charge in [-0.25, -0.2) is 5.43 Å². The molecule has 0 aliphatic heterocycles. The fraction of sp³-hybridized carbons (Fsp3) is 0.0870. The first-order chi connectivity index (χ1) is 14.6. The molecular weight excluding hydrogens is 382 g/mol. The van der Waals surface area contributed by atoms with Crippen molar-refractivity contribution in [2.24, 2.45) is 5.10 Å². The smallest absolute Gasteiger partial charge is 0.274 e. The lowest BCUT2D eigenvalue weighted by atomic mass is 10.1. The highest BCUT2D eigenvalue weighted by Gasteiger charge is 2.16. The van der Waals surface area contributed by atoms with Crippen LogP contribution in [-0.2, 0) is 6.54 Å². The highest BCUT2D eigenvalue weighted by atomic mass is 16.3. The Kier molecular flexibility index (Phi) is 5.17. The Morgan fingerprint density at radius 1 is 1.10 bits per heavy atom. The van der Waals surface area contributed by atoms with Crippen molar-refractivity contribution >= 4 is 22.9 Å². The van der Waals surface area contributed by atoms with Crippen LogP contribution in [0.2, 0.25) is 0 Å². The van der Waals surface area contributed by atoms with Gasteiger partial charge in [-0.05, 0) is 24.6 Å². The summed E-state index contributed by atoms with van der Waals surface area (Å²) in [6, 6.07) is 17.9. The summed E-state index contributed by atoms with van der Waals surface area (Å²) in [7, 11) is 0. The normalized spacial score (nSPS) is 11.2. The zero-order chi connectivity index (χ0) is 21.1. The number of benzene rings is 2. The fourth-order valence-electron chi connectivity index (χ4n) is 3.29. The van der Waals surface area contributed by atoms with Gasteiger partial charge in [0.15, 0.2) is 0 Å². The minimum absolute atomic E-state index is 0.206. The number of amides is 1. The number of carbonyl (C=O) groups excluding carboxylic acids is 1. The molecule has 2 aromatic heterocycles. The van der Waals surface area contributed by atoms with Gasteiger partial charge in [-0.15, -0.1) is 0 Å². The molecule has 150 valence electrons. The van der Waals surface area contributed by atoms with Gasteiger partial charge in [0.25, 0.3) is 11.5 Å². The molecule has 0 saturated carbocycles. The molecule has 4 aromatic rings. The van der Waals surface area contributed by atoms with E-state index < -0.39 is 5.91 Å². The van der Waals surface area contributed by atoms with Crippen LogP contribution < -0.4 is 11.0 Å². The summed E-state index contributed by atoms with van der Waals surface area (Å²) in [5.41, 5.74) is 3.70. The minimum Gasteiger partial charge on any atom is -0.494 e. The lowest BCUT2D eigenvalue weighted by molar-refractivity contribution is 0.0953. The van der Waals surface area contributed by atoms with Crippen molar-refractivity contribution in [2.45, 2.75) is 13.5 Å². The number of hydrazone groups is 1. The van der Waals surface area contributed by atoms with E-state index in [9.17, 15) is 14.7 Å². The van der Waals surface area contributed by atoms with Gasteiger partial charge in [0.05, 0.1) is 30.1 Å². The fourth-order valence-corrected chi connectivity index (χ4v) is 3.29. The number of aromatic nitrogens is 1. The van der Waals surface area contributed by atoms with Crippen LogP contribution >= 0.6 is 0 Å². The molecule has 2 aromatic carbocycles. The Labute approximate surface area is 171 Å². The molecule has 0 radical (unpaired) electrons. The van der Waals surface area contributed by atoms with Crippen molar-refractivity contribution in [3.63, 3.8) is 0 Å². The Hall–Kier alpha value is -4.13. The predicted octanol–water partition coefficient (Wildman–Crippen LogP) is 3.42. The number of pyridine rings is 1. The number of furan rings is 1. The predicted molar refractivity (Wildman–Crippen MR) is 114 cm³/mol. The van der Waals surface area contributed by atoms with Crippen LogP contribution in [-0.4, -0.2) is 21.8 Å². The molecule has 2 N–H and O–H groups in total. The molecule has 4 rings (SSSR count). The van der Waals surface area contributed by atoms with Crippen LogP contribution in [0.1, 0.15) is 27.2 Å². The molecule has 7 heteroatoms. The third kappa shape index (κ3) is 3.60. The first-order valence-electron chi connectivity index (χ1n) is 9.32. The second-order valence-corrected chi connectivity index (χ2v) is 6.75. The minimum atomic E-state index is -0.432. The van der Waals surface area contributed by atoms with E-state index in [0.717, 1.165) is 5.56 Å². The molecule has 0 aliphatic rings. The van der Waals surface area contributed by atoms with Gasteiger partial charge in [-0.3, -0.25) is 14.2 Å². The average Bonchev–Trinajstić information content (AvgIpc) is 3.20. The van der Waals surface area contributed by atoms with Crippen molar-refractivity contribution in [2.75, 3.05) is 0 Å². The SMILES string of the molecule is Cc1occc1C(=O)N/N=C/c1c(O)n(Cc2ccccc2)c(=O)c2ccccc12. The van der Waals surface area contributed by atoms with Crippen LogP contribution in [0.3, 0.4) is 0 Å². The summed E-state index contributed by atoms with van der Waals surface area (Å²) >= 11 is 0. The van der Waals surface area contributed by atoms with Crippen molar-refractivity contribution in [3.8, 4) is 5.88 Å². The topological polar surface area (TPSA) is 96.8 Å². The quantitative estimate of drug-likeness (QED) is 0.396. The van der Waals surface area contributed by atoms with E-state index >= 15 is 0 Å². The summed E-state index contributed by atoms with van der Waals surface area (Å²) in [5.74, 6) is -0.175. The van der Waals surface area contributed by atoms with E-state index in [1.807, 2.05) is 30.3 Å². The van der Waals surface area contributed by atoms with Crippen molar-refractivity contribution in [3.05, 3.63) is 99.7 Å². The Balaban J connectivity index is 1.74. The maximum Gasteiger partial charge on any atom is 0.274 e. The second kappa shape index (κ2) is 8.08. The number of aryl methyl sites for hydroxylation is 1. The highest BCUT2D eigenvalue weighted by Crippen LogP contribution is 2.23. The Morgan fingerprint density at radius 3 is 2.50 bits per heavy atom. The molecule has 30 heavy (non-hydrogen) atoms. The van der Waals surface area contributed by atoms with Crippen LogP contribution in [0.4, 0.5) is 0 Å². The molecule has 0 aliphatic carbocycles. The number of hydrogen-bond donors (Lipinski definition) is 2. The number of rotatable bonds is 5. The molecule has 0 spiro atoms. The Bertz CT molecular complexity index is 1300. The average molecular weight is 401 g/mol. The summed E-state index contributed by atoms with van der Waals surface area (Å²) in [4.78, 5) is 25.2. The van der Waals surface area contributed by atoms with Gasteiger partial charge >= 0.3 is 0 Å². The number of carbonyl (C=O) groups is 1. The standard InChI is InChI=1S/C23H19N3O4/c1-15-17(11-12-30-15)21(27)25-24-13-20-18-9-5-6-10-19(18)22(28)26(23(20)29)14-16-7-3-2-4-8-16/h2-13,29H,14H2,1H3,(H,25,27)/b24-13+. The number of nitrogens with one attached hydrogen (secondary N) is 1. The van der Waals surface area contributed by atoms with Gasteiger partial charge < -0.3 is 9.52 Å². The lowest BCUT2D eigenvalue weighted by Gasteiger charge is -2.13. The lowest BCUT2D eigenvalue weighted by Crippen LogP contribution is -2.23. The molecule has 0 fully saturated rings. The van der Waals surface area contributed by atoms with Crippen LogP contribution in [0.5, 0.6) is 5.88 Å². The van der Waals surface area contributed by atoms with Gasteiger partial charge in [0, 0.05) is 10.8 Å². The maximum atomic E-state index is 13.0. The second-order valence-electron chi connectivity index (χ2n) is 6.75. The summed E-state index contributed by atoms with van der Waals surface area (Å²) in [5, 5.41) is 15.8. The first kappa shape index (κ1) is 19.2. The highest BCUT2D eigenvalue weighted by molar-refractivity contribution is 6.02. The first-order valence-corrected chi connectivity index (χ1v) is 9.32. The van der Waals surface area contributed by atoms with Crippen molar-refractivity contribution in [1.82, 2.24) is 9.99 Å². The molecular formula is C23H19N3O4. The zero-order valence-corrected chi connectivity index (χ0v) is 16.2. The number of fused-ring (bicyclic) bond motifs is 1. The van der Waals surface area contributed by atoms with E-state index in [1.54, 1.807) is 37.3 Å². The molecule has 0 bridgehead atoms. The molecule has 0 unspecified atom stereocenters. The zero-order valence-electron chi connectivity index (χ0n) is 16.2. The molecule has 0 saturated heterocycles. The number of hydrogen-bond acceptors (Lipinski definition) is 5. The van der Waals surface area contributed by atoms with E-state index in [1.165, 1.54) is 17.0 Å². The van der Waals surface area contributed by atoms with Crippen LogP contribution in [0.25, 0.3) is 10.8 Å². The largest absolute Gasteiger partial charge is 0.494 e. The molecule has 0 atom stereocenters. The van der Waals surface area contributed by atoms with Gasteiger partial charge in [-0.1, -0.05) is 48.5 Å². The van der Waals surface area contributed by atoms with E-state index in [4.69, 9.17) is 4.42 Å². The van der Waals surface area contributed by atoms with E-state index in [2.05, 4.69) is 10.5 Å². The maximum absolute atomic E-state index is 13.0. The van der Waals surface area contributed by atoms with E-state index in [-0.39, 0.29) is 18.0 Å². The van der Waals surface area contributed by atoms with Crippen LogP contribution in [0, 0.1) is 6.92 Å². The molecule has 2 heterocycles. The van der Waals surface area contributed by atoms with Gasteiger partial charge in [-0.2, -0.15) is 5.10 Å². The van der Waals surface area contributed by atoms with Crippen LogP contribution in [0.15, 0.2) is 81.2 Å². The summed E-state index contributed by atoms with van der Waals surface area (Å²) in [6.45, 7) is 1.88. The van der Waals surface area contributed by atoms with Crippen molar-refractivity contribution in [1.29, 1.82) is 0 Å². The van der Waals surface area contributed by atoms with E-state index in [0.29, 0.717) is 27.7 Å². The Morgan fingerprint density at radius 2 is 1.80 bits per heavy atom. The third-order valence-corrected chi connectivity index (χ3v) is 4.84. The molecule has 7 nitrogen and oxygen atoms in total. The molecule has 1 amide bonds. The third-order valence-electron chi connectivity index (χ3n) is 4.84. The monoisotopic (exact) mass is 401 g/mol. The van der Waals surface area contributed by atoms with Gasteiger partial charge in [0.2, 0.25) is 5.88 Å². The van der Waals surface area contributed by atoms with Crippen molar-refractivity contribution < 1.29 is 14.3 Å². The summed E-state index contributed by atoms with van der Waals surface area (Å²) in [6.07, 6.45) is 2.76. The summed E-state index contributed by atoms with van der Waals surface area (Å²) < 4.78 is 6.41. The number of aromatic hydroxyl groups is 1. The number of nitrogens with zero attached hydrogens (tertiary/aromatic N) is 2. The van der Waals surface area contributed by atoms with Gasteiger partial charge in [0.1, 0.15) is 5.76 Å².